The first-order valence-electron chi connectivity index (χ1n) is 9.67. The molecule has 4 rings (SSSR count). The average molecular weight is 373 g/mol. The summed E-state index contributed by atoms with van der Waals surface area (Å²) in [6, 6.07) is 4.06. The van der Waals surface area contributed by atoms with Gasteiger partial charge in [0.2, 0.25) is 0 Å². The molecular formula is C19H27N5O3. The molecule has 2 fully saturated rings. The van der Waals surface area contributed by atoms with Gasteiger partial charge in [-0.25, -0.2) is 0 Å². The van der Waals surface area contributed by atoms with Crippen LogP contribution in [0.1, 0.15) is 18.4 Å². The molecule has 1 aromatic heterocycles. The maximum atomic E-state index is 12.4. The van der Waals surface area contributed by atoms with Crippen molar-refractivity contribution in [3.8, 4) is 0 Å². The van der Waals surface area contributed by atoms with Gasteiger partial charge in [-0.15, -0.1) is 0 Å². The molecule has 8 heteroatoms. The zero-order valence-corrected chi connectivity index (χ0v) is 15.6. The van der Waals surface area contributed by atoms with Crippen molar-refractivity contribution in [2.75, 3.05) is 52.5 Å². The largest absolute Gasteiger partial charge is 0.387 e. The third-order valence-electron chi connectivity index (χ3n) is 5.47. The van der Waals surface area contributed by atoms with Gasteiger partial charge in [-0.3, -0.25) is 19.6 Å². The molecule has 0 bridgehead atoms. The molecule has 3 aliphatic rings. The minimum absolute atomic E-state index is 0.104. The van der Waals surface area contributed by atoms with E-state index in [1.54, 1.807) is 0 Å². The van der Waals surface area contributed by atoms with Crippen LogP contribution in [0.2, 0.25) is 0 Å². The monoisotopic (exact) mass is 373 g/mol. The fourth-order valence-electron chi connectivity index (χ4n) is 3.93. The molecule has 1 N–H and O–H groups in total. The van der Waals surface area contributed by atoms with Crippen LogP contribution in [0.4, 0.5) is 0 Å². The van der Waals surface area contributed by atoms with Gasteiger partial charge < -0.3 is 14.9 Å². The van der Waals surface area contributed by atoms with E-state index in [-0.39, 0.29) is 11.5 Å². The Balaban J connectivity index is 1.21. The molecular weight excluding hydrogens is 346 g/mol. The van der Waals surface area contributed by atoms with Crippen LogP contribution < -0.4 is 5.32 Å². The number of carbonyl (C=O) groups is 1. The summed E-state index contributed by atoms with van der Waals surface area (Å²) in [6.07, 6.45) is 5.11. The van der Waals surface area contributed by atoms with Crippen LogP contribution >= 0.6 is 0 Å². The van der Waals surface area contributed by atoms with Gasteiger partial charge in [-0.1, -0.05) is 5.16 Å². The first kappa shape index (κ1) is 18.3. The Kier molecular flexibility index (Phi) is 5.66. The molecule has 1 atom stereocenters. The summed E-state index contributed by atoms with van der Waals surface area (Å²) in [5, 5.41) is 7.09. The van der Waals surface area contributed by atoms with Crippen LogP contribution in [0.25, 0.3) is 0 Å². The number of ether oxygens (including phenoxy) is 1. The highest BCUT2D eigenvalue weighted by Crippen LogP contribution is 2.34. The summed E-state index contributed by atoms with van der Waals surface area (Å²) in [5.74, 6) is -0.104. The molecule has 146 valence electrons. The number of pyridine rings is 1. The second kappa shape index (κ2) is 8.33. The molecule has 1 amide bonds. The van der Waals surface area contributed by atoms with Gasteiger partial charge in [-0.05, 0) is 17.7 Å². The van der Waals surface area contributed by atoms with E-state index in [1.807, 2.05) is 24.5 Å². The smallest absolute Gasteiger partial charge is 0.269 e. The van der Waals surface area contributed by atoms with Crippen molar-refractivity contribution in [1.29, 1.82) is 0 Å². The van der Waals surface area contributed by atoms with E-state index >= 15 is 0 Å². The Morgan fingerprint density at radius 3 is 2.81 bits per heavy atom. The van der Waals surface area contributed by atoms with Crippen LogP contribution in [-0.2, 0) is 20.9 Å². The summed E-state index contributed by atoms with van der Waals surface area (Å²) in [5.41, 5.74) is 1.41. The number of hydrogen-bond acceptors (Lipinski definition) is 7. The van der Waals surface area contributed by atoms with Crippen molar-refractivity contribution in [3.05, 3.63) is 30.1 Å². The molecule has 1 aromatic rings. The molecule has 0 unspecified atom stereocenters. The van der Waals surface area contributed by atoms with E-state index in [0.29, 0.717) is 18.7 Å². The minimum atomic E-state index is -0.343. The van der Waals surface area contributed by atoms with Gasteiger partial charge in [0.15, 0.2) is 5.60 Å². The van der Waals surface area contributed by atoms with Gasteiger partial charge >= 0.3 is 0 Å². The molecule has 3 aliphatic heterocycles. The lowest BCUT2D eigenvalue weighted by Crippen LogP contribution is -2.43. The SMILES string of the molecule is O=C(NCCN1CCOCC1)C1=NO[C@@]2(CCN(Cc3ccncc3)C2)C1. The Hall–Kier alpha value is -2.03. The quantitative estimate of drug-likeness (QED) is 0.770. The van der Waals surface area contributed by atoms with E-state index in [2.05, 4.69) is 25.3 Å². The van der Waals surface area contributed by atoms with Crippen LogP contribution in [0, 0.1) is 0 Å². The van der Waals surface area contributed by atoms with Gasteiger partial charge in [0.1, 0.15) is 5.71 Å². The van der Waals surface area contributed by atoms with Crippen molar-refractivity contribution < 1.29 is 14.4 Å². The van der Waals surface area contributed by atoms with Crippen molar-refractivity contribution in [1.82, 2.24) is 20.1 Å². The second-order valence-electron chi connectivity index (χ2n) is 7.52. The number of morpholine rings is 1. The Morgan fingerprint density at radius 1 is 1.19 bits per heavy atom. The van der Waals surface area contributed by atoms with Crippen LogP contribution in [0.3, 0.4) is 0 Å². The fourth-order valence-corrected chi connectivity index (χ4v) is 3.93. The zero-order chi connectivity index (χ0) is 18.5. The number of carbonyl (C=O) groups excluding carboxylic acids is 1. The van der Waals surface area contributed by atoms with E-state index in [4.69, 9.17) is 9.57 Å². The third-order valence-corrected chi connectivity index (χ3v) is 5.47. The summed E-state index contributed by atoms with van der Waals surface area (Å²) < 4.78 is 5.34. The Bertz CT molecular complexity index is 677. The number of amides is 1. The lowest BCUT2D eigenvalue weighted by molar-refractivity contribution is -0.115. The topological polar surface area (TPSA) is 79.3 Å². The maximum absolute atomic E-state index is 12.4. The Labute approximate surface area is 159 Å². The van der Waals surface area contributed by atoms with E-state index in [1.165, 1.54) is 5.56 Å². The number of hydrogen-bond donors (Lipinski definition) is 1. The number of oxime groups is 1. The van der Waals surface area contributed by atoms with Crippen molar-refractivity contribution in [2.24, 2.45) is 5.16 Å². The third kappa shape index (κ3) is 4.63. The lowest BCUT2D eigenvalue weighted by Gasteiger charge is -2.26. The number of rotatable bonds is 6. The van der Waals surface area contributed by atoms with Gasteiger partial charge in [0, 0.05) is 71.0 Å². The van der Waals surface area contributed by atoms with Gasteiger partial charge in [0.05, 0.1) is 13.2 Å². The van der Waals surface area contributed by atoms with E-state index in [9.17, 15) is 4.79 Å². The fraction of sp³-hybridized carbons (Fsp3) is 0.632. The predicted octanol–water partition coefficient (Wildman–Crippen LogP) is 0.251. The summed E-state index contributed by atoms with van der Waals surface area (Å²) in [4.78, 5) is 26.9. The number of nitrogens with one attached hydrogen (secondary N) is 1. The lowest BCUT2D eigenvalue weighted by atomic mass is 9.96. The standard InChI is InChI=1S/C19H27N5O3/c25-18(21-6-8-23-9-11-26-12-10-23)17-13-19(27-22-17)3-7-24(15-19)14-16-1-4-20-5-2-16/h1-2,4-5H,3,6-15H2,(H,21,25)/t19-/m0/s1. The molecule has 27 heavy (non-hydrogen) atoms. The number of likely N-dealkylation sites (tertiary alicyclic amines) is 1. The summed E-state index contributed by atoms with van der Waals surface area (Å²) in [6.45, 7) is 7.47. The minimum Gasteiger partial charge on any atom is -0.387 e. The average Bonchev–Trinajstić information content (AvgIpc) is 3.30. The molecule has 0 saturated carbocycles. The molecule has 4 heterocycles. The number of nitrogens with zero attached hydrogens (tertiary/aromatic N) is 4. The summed E-state index contributed by atoms with van der Waals surface area (Å²) >= 11 is 0. The molecule has 0 aliphatic carbocycles. The highest BCUT2D eigenvalue weighted by atomic mass is 16.7. The molecule has 0 aromatic carbocycles. The first-order chi connectivity index (χ1) is 13.2. The van der Waals surface area contributed by atoms with E-state index < -0.39 is 0 Å². The molecule has 0 radical (unpaired) electrons. The van der Waals surface area contributed by atoms with Gasteiger partial charge in [-0.2, -0.15) is 0 Å². The van der Waals surface area contributed by atoms with Crippen molar-refractivity contribution in [2.45, 2.75) is 25.0 Å². The zero-order valence-electron chi connectivity index (χ0n) is 15.6. The highest BCUT2D eigenvalue weighted by Gasteiger charge is 2.46. The normalized spacial score (nSPS) is 26.1. The van der Waals surface area contributed by atoms with Gasteiger partial charge in [0.25, 0.3) is 5.91 Å². The van der Waals surface area contributed by atoms with Crippen LogP contribution in [0.5, 0.6) is 0 Å². The summed E-state index contributed by atoms with van der Waals surface area (Å²) in [7, 11) is 0. The molecule has 1 spiro atoms. The maximum Gasteiger partial charge on any atom is 0.269 e. The first-order valence-corrected chi connectivity index (χ1v) is 9.67. The molecule has 8 nitrogen and oxygen atoms in total. The van der Waals surface area contributed by atoms with Crippen molar-refractivity contribution >= 4 is 11.6 Å². The number of aromatic nitrogens is 1. The van der Waals surface area contributed by atoms with Crippen molar-refractivity contribution in [3.63, 3.8) is 0 Å². The Morgan fingerprint density at radius 2 is 2.00 bits per heavy atom. The molecule has 2 saturated heterocycles. The van der Waals surface area contributed by atoms with E-state index in [0.717, 1.165) is 58.9 Å². The predicted molar refractivity (Wildman–Crippen MR) is 100 cm³/mol. The highest BCUT2D eigenvalue weighted by molar-refractivity contribution is 6.39. The van der Waals surface area contributed by atoms with Crippen LogP contribution in [0.15, 0.2) is 29.7 Å². The second-order valence-corrected chi connectivity index (χ2v) is 7.52. The van der Waals surface area contributed by atoms with Crippen LogP contribution in [-0.4, -0.2) is 84.5 Å².